The van der Waals surface area contributed by atoms with E-state index in [-0.39, 0.29) is 0 Å². The molecule has 27 heavy (non-hydrogen) atoms. The van der Waals surface area contributed by atoms with Crippen LogP contribution in [-0.4, -0.2) is 51.9 Å². The summed E-state index contributed by atoms with van der Waals surface area (Å²) < 4.78 is 0. The molecule has 2 aliphatic rings. The van der Waals surface area contributed by atoms with Gasteiger partial charge in [0.05, 0.1) is 64.2 Å². The van der Waals surface area contributed by atoms with Crippen molar-refractivity contribution in [1.82, 2.24) is 0 Å². The fraction of sp³-hybridized carbons (Fsp3) is 0.750. The van der Waals surface area contributed by atoms with Crippen molar-refractivity contribution in [2.75, 3.05) is 33.7 Å². The summed E-state index contributed by atoms with van der Waals surface area (Å²) in [5.74, 6) is 1.56. The Morgan fingerprint density at radius 1 is 0.963 bits per heavy atom. The zero-order valence-corrected chi connectivity index (χ0v) is 18.6. The highest BCUT2D eigenvalue weighted by molar-refractivity contribution is 5.27. The third-order valence-electron chi connectivity index (χ3n) is 8.33. The van der Waals surface area contributed by atoms with Gasteiger partial charge >= 0.3 is 0 Å². The average molecular weight is 375 g/mol. The van der Waals surface area contributed by atoms with E-state index in [0.29, 0.717) is 5.41 Å². The van der Waals surface area contributed by atoms with Crippen LogP contribution in [-0.2, 0) is 5.41 Å². The molecule has 1 aromatic rings. The minimum absolute atomic E-state index is 0.349. The second kappa shape index (κ2) is 8.63. The quantitative estimate of drug-likeness (QED) is 0.653. The molecule has 8 unspecified atom stereocenters. The highest BCUT2D eigenvalue weighted by Gasteiger charge is 2.46. The first-order valence-electron chi connectivity index (χ1n) is 11.4. The fourth-order valence-electron chi connectivity index (χ4n) is 6.05. The SMILES string of the molecule is CC1C[NH+](C)C(C)CC1[NH2+]CCC1(c2ccccc2)CC(C)[NH+](C)CC1C. The summed E-state index contributed by atoms with van der Waals surface area (Å²) in [5.41, 5.74) is 1.93. The van der Waals surface area contributed by atoms with E-state index in [9.17, 15) is 0 Å². The molecule has 0 radical (unpaired) electrons. The molecule has 0 amide bonds. The minimum Gasteiger partial charge on any atom is -0.343 e. The summed E-state index contributed by atoms with van der Waals surface area (Å²) in [7, 11) is 4.75. The molecular weight excluding hydrogens is 330 g/mol. The van der Waals surface area contributed by atoms with E-state index in [4.69, 9.17) is 0 Å². The van der Waals surface area contributed by atoms with E-state index in [0.717, 1.165) is 30.0 Å². The number of quaternary nitrogens is 3. The molecular formula is C24H44N3+3. The van der Waals surface area contributed by atoms with Crippen LogP contribution in [0.25, 0.3) is 0 Å². The summed E-state index contributed by atoms with van der Waals surface area (Å²) in [6, 6.07) is 13.8. The normalized spacial score (nSPS) is 42.8. The second-order valence-corrected chi connectivity index (χ2v) is 10.2. The molecule has 4 N–H and O–H groups in total. The van der Waals surface area contributed by atoms with Gasteiger partial charge in [-0.3, -0.25) is 0 Å². The van der Waals surface area contributed by atoms with Crippen LogP contribution in [0.1, 0.15) is 52.5 Å². The summed E-state index contributed by atoms with van der Waals surface area (Å²) in [6.07, 6.45) is 4.00. The van der Waals surface area contributed by atoms with Crippen LogP contribution >= 0.6 is 0 Å². The van der Waals surface area contributed by atoms with Gasteiger partial charge in [0.15, 0.2) is 0 Å². The molecule has 2 heterocycles. The van der Waals surface area contributed by atoms with E-state index in [1.54, 1.807) is 15.4 Å². The molecule has 2 aliphatic heterocycles. The maximum atomic E-state index is 2.71. The van der Waals surface area contributed by atoms with Crippen LogP contribution in [0.5, 0.6) is 0 Å². The van der Waals surface area contributed by atoms with Crippen LogP contribution in [0.15, 0.2) is 30.3 Å². The van der Waals surface area contributed by atoms with Crippen LogP contribution in [0.4, 0.5) is 0 Å². The number of likely N-dealkylation sites (tertiary alicyclic amines) is 2. The molecule has 3 rings (SSSR count). The van der Waals surface area contributed by atoms with Crippen molar-refractivity contribution in [2.45, 2.75) is 70.5 Å². The lowest BCUT2D eigenvalue weighted by molar-refractivity contribution is -0.923. The van der Waals surface area contributed by atoms with Gasteiger partial charge in [0, 0.05) is 24.2 Å². The number of piperidine rings is 2. The Kier molecular flexibility index (Phi) is 6.66. The van der Waals surface area contributed by atoms with Crippen molar-refractivity contribution in [3.63, 3.8) is 0 Å². The van der Waals surface area contributed by atoms with Crippen LogP contribution in [0, 0.1) is 11.8 Å². The number of nitrogens with one attached hydrogen (secondary N) is 2. The molecule has 8 atom stereocenters. The number of rotatable bonds is 5. The van der Waals surface area contributed by atoms with Crippen molar-refractivity contribution in [2.24, 2.45) is 11.8 Å². The zero-order valence-electron chi connectivity index (χ0n) is 18.6. The Hall–Kier alpha value is -0.900. The molecule has 1 aromatic carbocycles. The van der Waals surface area contributed by atoms with Crippen LogP contribution in [0.3, 0.4) is 0 Å². The van der Waals surface area contributed by atoms with Gasteiger partial charge in [0.1, 0.15) is 0 Å². The topological polar surface area (TPSA) is 25.5 Å². The van der Waals surface area contributed by atoms with Gasteiger partial charge in [-0.05, 0) is 19.4 Å². The molecule has 0 aromatic heterocycles. The lowest BCUT2D eigenvalue weighted by Gasteiger charge is -2.47. The standard InChI is InChI=1S/C24H41N3/c1-18-16-26(5)20(3)14-23(18)25-13-12-24(22-10-8-7-9-11-22)15-21(4)27(6)17-19(24)2/h7-11,18-21,23,25H,12-17H2,1-6H3/p+3. The Morgan fingerprint density at radius 3 is 2.33 bits per heavy atom. The second-order valence-electron chi connectivity index (χ2n) is 10.2. The Balaban J connectivity index is 1.71. The number of benzene rings is 1. The lowest BCUT2D eigenvalue weighted by atomic mass is 9.63. The maximum Gasteiger partial charge on any atom is 0.0996 e. The summed E-state index contributed by atoms with van der Waals surface area (Å²) >= 11 is 0. The molecule has 2 fully saturated rings. The summed E-state index contributed by atoms with van der Waals surface area (Å²) in [6.45, 7) is 13.7. The van der Waals surface area contributed by atoms with Gasteiger partial charge in [-0.2, -0.15) is 0 Å². The van der Waals surface area contributed by atoms with Crippen LogP contribution in [0.2, 0.25) is 0 Å². The zero-order chi connectivity index (χ0) is 19.6. The van der Waals surface area contributed by atoms with E-state index in [1.807, 2.05) is 0 Å². The summed E-state index contributed by atoms with van der Waals surface area (Å²) in [4.78, 5) is 3.42. The van der Waals surface area contributed by atoms with Crippen molar-refractivity contribution in [1.29, 1.82) is 0 Å². The van der Waals surface area contributed by atoms with Crippen molar-refractivity contribution in [3.05, 3.63) is 35.9 Å². The van der Waals surface area contributed by atoms with Gasteiger partial charge in [-0.25, -0.2) is 0 Å². The Bertz CT molecular complexity index is 589. The Labute approximate surface area is 167 Å². The Morgan fingerprint density at radius 2 is 1.63 bits per heavy atom. The molecule has 152 valence electrons. The van der Waals surface area contributed by atoms with Crippen molar-refractivity contribution < 1.29 is 15.1 Å². The van der Waals surface area contributed by atoms with Crippen LogP contribution < -0.4 is 15.1 Å². The third kappa shape index (κ3) is 4.41. The average Bonchev–Trinajstić information content (AvgIpc) is 2.64. The smallest absolute Gasteiger partial charge is 0.0996 e. The first-order chi connectivity index (χ1) is 12.8. The highest BCUT2D eigenvalue weighted by Crippen LogP contribution is 2.40. The summed E-state index contributed by atoms with van der Waals surface area (Å²) in [5, 5.41) is 2.71. The predicted molar refractivity (Wildman–Crippen MR) is 113 cm³/mol. The van der Waals surface area contributed by atoms with Crippen molar-refractivity contribution in [3.8, 4) is 0 Å². The first-order valence-corrected chi connectivity index (χ1v) is 11.4. The molecule has 0 spiro atoms. The third-order valence-corrected chi connectivity index (χ3v) is 8.33. The number of hydrogen-bond donors (Lipinski definition) is 3. The van der Waals surface area contributed by atoms with Gasteiger partial charge in [0.25, 0.3) is 0 Å². The van der Waals surface area contributed by atoms with E-state index >= 15 is 0 Å². The number of nitrogens with two attached hydrogens (primary N) is 1. The molecule has 0 bridgehead atoms. The molecule has 2 saturated heterocycles. The van der Waals surface area contributed by atoms with E-state index < -0.39 is 0 Å². The van der Waals surface area contributed by atoms with Crippen molar-refractivity contribution >= 4 is 0 Å². The molecule has 0 saturated carbocycles. The molecule has 0 aliphatic carbocycles. The monoisotopic (exact) mass is 374 g/mol. The fourth-order valence-corrected chi connectivity index (χ4v) is 6.05. The first kappa shape index (κ1) is 20.8. The van der Waals surface area contributed by atoms with E-state index in [1.165, 1.54) is 38.9 Å². The minimum atomic E-state index is 0.349. The molecule has 3 nitrogen and oxygen atoms in total. The lowest BCUT2D eigenvalue weighted by Crippen LogP contribution is -3.16. The van der Waals surface area contributed by atoms with Gasteiger partial charge < -0.3 is 15.1 Å². The van der Waals surface area contributed by atoms with E-state index in [2.05, 4.69) is 77.4 Å². The maximum absolute atomic E-state index is 2.71. The highest BCUT2D eigenvalue weighted by atomic mass is 15.2. The van der Waals surface area contributed by atoms with Gasteiger partial charge in [0.2, 0.25) is 0 Å². The van der Waals surface area contributed by atoms with Gasteiger partial charge in [-0.1, -0.05) is 44.2 Å². The largest absolute Gasteiger partial charge is 0.343 e. The predicted octanol–water partition coefficient (Wildman–Crippen LogP) is 0.133. The molecule has 3 heteroatoms. The van der Waals surface area contributed by atoms with Gasteiger partial charge in [-0.15, -0.1) is 0 Å². The number of hydrogen-bond acceptors (Lipinski definition) is 0.